The fraction of sp³-hybridized carbons (Fsp3) is 0.0769. The number of nitrogens with zero attached hydrogens (tertiary/aromatic N) is 1. The highest BCUT2D eigenvalue weighted by atomic mass is 79.9. The van der Waals surface area contributed by atoms with E-state index in [9.17, 15) is 4.79 Å². The van der Waals surface area contributed by atoms with E-state index in [-0.39, 0.29) is 11.5 Å². The van der Waals surface area contributed by atoms with Crippen molar-refractivity contribution in [2.24, 2.45) is 0 Å². The van der Waals surface area contributed by atoms with Crippen LogP contribution < -0.4 is 4.74 Å². The Morgan fingerprint density at radius 2 is 2.17 bits per heavy atom. The van der Waals surface area contributed by atoms with E-state index in [2.05, 4.69) is 20.9 Å². The lowest BCUT2D eigenvalue weighted by Gasteiger charge is -2.06. The molecular weight excluding hydrogens is 318 g/mol. The van der Waals surface area contributed by atoms with Crippen LogP contribution in [0, 0.1) is 0 Å². The lowest BCUT2D eigenvalue weighted by atomic mass is 10.1. The molecule has 0 aliphatic rings. The van der Waals surface area contributed by atoms with Gasteiger partial charge >= 0.3 is 0 Å². The summed E-state index contributed by atoms with van der Waals surface area (Å²) in [5.74, 6) is 0.217. The van der Waals surface area contributed by atoms with E-state index in [1.165, 1.54) is 7.11 Å². The minimum Gasteiger partial charge on any atom is -0.494 e. The van der Waals surface area contributed by atoms with Gasteiger partial charge < -0.3 is 4.74 Å². The van der Waals surface area contributed by atoms with Gasteiger partial charge in [0.1, 0.15) is 5.75 Å². The maximum atomic E-state index is 12.3. The zero-order valence-electron chi connectivity index (χ0n) is 9.48. The van der Waals surface area contributed by atoms with Crippen LogP contribution in [0.25, 0.3) is 0 Å². The Labute approximate surface area is 118 Å². The Morgan fingerprint density at radius 1 is 1.39 bits per heavy atom. The van der Waals surface area contributed by atoms with E-state index in [1.54, 1.807) is 36.5 Å². The van der Waals surface area contributed by atoms with Crippen molar-refractivity contribution in [3.05, 3.63) is 57.3 Å². The molecule has 0 spiro atoms. The third-order valence-corrected chi connectivity index (χ3v) is 3.01. The Morgan fingerprint density at radius 3 is 2.83 bits per heavy atom. The van der Waals surface area contributed by atoms with Crippen LogP contribution in [-0.4, -0.2) is 17.9 Å². The van der Waals surface area contributed by atoms with Crippen LogP contribution in [0.1, 0.15) is 16.1 Å². The van der Waals surface area contributed by atoms with Gasteiger partial charge in [0.15, 0.2) is 5.69 Å². The number of methoxy groups -OCH3 is 1. The minimum absolute atomic E-state index is 0.226. The second-order valence-corrected chi connectivity index (χ2v) is 4.89. The molecule has 0 amide bonds. The molecule has 2 aromatic rings. The second kappa shape index (κ2) is 5.50. The van der Waals surface area contributed by atoms with E-state index in [0.29, 0.717) is 16.3 Å². The summed E-state index contributed by atoms with van der Waals surface area (Å²) in [6.45, 7) is 0. The number of rotatable bonds is 3. The predicted molar refractivity (Wildman–Crippen MR) is 73.4 cm³/mol. The van der Waals surface area contributed by atoms with Gasteiger partial charge in [-0.2, -0.15) is 0 Å². The summed E-state index contributed by atoms with van der Waals surface area (Å²) in [5, 5.41) is 0.489. The summed E-state index contributed by atoms with van der Waals surface area (Å²) in [6, 6.07) is 8.42. The van der Waals surface area contributed by atoms with Crippen molar-refractivity contribution in [3.63, 3.8) is 0 Å². The monoisotopic (exact) mass is 325 g/mol. The SMILES string of the molecule is COc1cccnc1C(=O)c1cc(Cl)cc(Br)c1. The second-order valence-electron chi connectivity index (χ2n) is 3.54. The summed E-state index contributed by atoms with van der Waals surface area (Å²) in [6.07, 6.45) is 1.55. The number of aromatic nitrogens is 1. The average molecular weight is 327 g/mol. The summed E-state index contributed by atoms with van der Waals surface area (Å²) < 4.78 is 5.86. The molecule has 18 heavy (non-hydrogen) atoms. The van der Waals surface area contributed by atoms with Crippen LogP contribution in [0.3, 0.4) is 0 Å². The normalized spacial score (nSPS) is 10.2. The molecule has 3 nitrogen and oxygen atoms in total. The largest absolute Gasteiger partial charge is 0.494 e. The first-order chi connectivity index (χ1) is 8.61. The van der Waals surface area contributed by atoms with Crippen molar-refractivity contribution in [2.75, 3.05) is 7.11 Å². The first-order valence-electron chi connectivity index (χ1n) is 5.11. The van der Waals surface area contributed by atoms with Crippen molar-refractivity contribution < 1.29 is 9.53 Å². The molecule has 1 aromatic carbocycles. The molecule has 2 rings (SSSR count). The number of carbonyl (C=O) groups is 1. The number of halogens is 2. The third kappa shape index (κ3) is 2.71. The number of ether oxygens (including phenoxy) is 1. The molecule has 0 aliphatic heterocycles. The lowest BCUT2D eigenvalue weighted by molar-refractivity contribution is 0.103. The predicted octanol–water partition coefficient (Wildman–Crippen LogP) is 3.74. The van der Waals surface area contributed by atoms with Gasteiger partial charge in [-0.05, 0) is 30.3 Å². The molecule has 0 bridgehead atoms. The van der Waals surface area contributed by atoms with Gasteiger partial charge in [-0.1, -0.05) is 27.5 Å². The van der Waals surface area contributed by atoms with Crippen molar-refractivity contribution >= 4 is 33.3 Å². The van der Waals surface area contributed by atoms with E-state index in [4.69, 9.17) is 16.3 Å². The third-order valence-electron chi connectivity index (χ3n) is 2.33. The van der Waals surface area contributed by atoms with Crippen LogP contribution in [-0.2, 0) is 0 Å². The molecule has 1 heterocycles. The summed E-state index contributed by atoms with van der Waals surface area (Å²) in [5.41, 5.74) is 0.737. The fourth-order valence-electron chi connectivity index (χ4n) is 1.55. The molecule has 0 saturated carbocycles. The molecular formula is C13H9BrClNO2. The summed E-state index contributed by atoms with van der Waals surface area (Å²) in [4.78, 5) is 16.4. The lowest BCUT2D eigenvalue weighted by Crippen LogP contribution is -2.06. The zero-order valence-corrected chi connectivity index (χ0v) is 11.8. The molecule has 1 aromatic heterocycles. The number of pyridine rings is 1. The zero-order chi connectivity index (χ0) is 13.1. The van der Waals surface area contributed by atoms with E-state index in [0.717, 1.165) is 4.47 Å². The molecule has 0 saturated heterocycles. The van der Waals surface area contributed by atoms with Crippen LogP contribution in [0.4, 0.5) is 0 Å². The molecule has 0 radical (unpaired) electrons. The maximum absolute atomic E-state index is 12.3. The highest BCUT2D eigenvalue weighted by Crippen LogP contribution is 2.24. The standard InChI is InChI=1S/C13H9BrClNO2/c1-18-11-3-2-4-16-12(11)13(17)8-5-9(14)7-10(15)6-8/h2-7H,1H3. The van der Waals surface area contributed by atoms with Crippen LogP contribution in [0.15, 0.2) is 41.0 Å². The van der Waals surface area contributed by atoms with E-state index >= 15 is 0 Å². The highest BCUT2D eigenvalue weighted by molar-refractivity contribution is 9.10. The molecule has 5 heteroatoms. The first-order valence-corrected chi connectivity index (χ1v) is 6.28. The van der Waals surface area contributed by atoms with Crippen molar-refractivity contribution in [2.45, 2.75) is 0 Å². The van der Waals surface area contributed by atoms with Gasteiger partial charge in [-0.3, -0.25) is 4.79 Å². The maximum Gasteiger partial charge on any atom is 0.215 e. The van der Waals surface area contributed by atoms with Gasteiger partial charge in [0.2, 0.25) is 5.78 Å². The smallest absolute Gasteiger partial charge is 0.215 e. The summed E-state index contributed by atoms with van der Waals surface area (Å²) in [7, 11) is 1.50. The highest BCUT2D eigenvalue weighted by Gasteiger charge is 2.16. The van der Waals surface area contributed by atoms with Crippen molar-refractivity contribution in [1.29, 1.82) is 0 Å². The number of hydrogen-bond donors (Lipinski definition) is 0. The first kappa shape index (κ1) is 13.1. The van der Waals surface area contributed by atoms with Crippen LogP contribution in [0.2, 0.25) is 5.02 Å². The average Bonchev–Trinajstić information content (AvgIpc) is 2.36. The van der Waals surface area contributed by atoms with Crippen molar-refractivity contribution in [1.82, 2.24) is 4.98 Å². The van der Waals surface area contributed by atoms with Gasteiger partial charge in [0.25, 0.3) is 0 Å². The molecule has 0 fully saturated rings. The van der Waals surface area contributed by atoms with Gasteiger partial charge in [0.05, 0.1) is 7.11 Å². The van der Waals surface area contributed by atoms with Gasteiger partial charge in [-0.15, -0.1) is 0 Å². The Bertz CT molecular complexity index is 581. The van der Waals surface area contributed by atoms with E-state index < -0.39 is 0 Å². The Kier molecular flexibility index (Phi) is 3.99. The number of hydrogen-bond acceptors (Lipinski definition) is 3. The quantitative estimate of drug-likeness (QED) is 0.807. The van der Waals surface area contributed by atoms with Crippen LogP contribution in [0.5, 0.6) is 5.75 Å². The number of carbonyl (C=O) groups excluding carboxylic acids is 1. The molecule has 0 N–H and O–H groups in total. The number of ketones is 1. The Hall–Kier alpha value is -1.39. The molecule has 0 unspecified atom stereocenters. The summed E-state index contributed by atoms with van der Waals surface area (Å²) >= 11 is 9.22. The van der Waals surface area contributed by atoms with Crippen LogP contribution >= 0.6 is 27.5 Å². The van der Waals surface area contributed by atoms with E-state index in [1.807, 2.05) is 0 Å². The Balaban J connectivity index is 2.47. The molecule has 0 aliphatic carbocycles. The fourth-order valence-corrected chi connectivity index (χ4v) is 2.41. The number of benzene rings is 1. The molecule has 0 atom stereocenters. The van der Waals surface area contributed by atoms with Gasteiger partial charge in [-0.25, -0.2) is 4.98 Å². The molecule has 92 valence electrons. The van der Waals surface area contributed by atoms with Crippen molar-refractivity contribution in [3.8, 4) is 5.75 Å². The minimum atomic E-state index is -0.226. The van der Waals surface area contributed by atoms with Gasteiger partial charge in [0, 0.05) is 21.3 Å². The topological polar surface area (TPSA) is 39.2 Å².